The molecule has 2 heteroatoms. The van der Waals surface area contributed by atoms with Gasteiger partial charge in [0.2, 0.25) is 0 Å². The summed E-state index contributed by atoms with van der Waals surface area (Å²) in [5, 5.41) is 10.1. The van der Waals surface area contributed by atoms with Gasteiger partial charge in [-0.2, -0.15) is 0 Å². The average molecular weight is 209 g/mol. The van der Waals surface area contributed by atoms with Gasteiger partial charge >= 0.3 is 0 Å². The van der Waals surface area contributed by atoms with Gasteiger partial charge in [0, 0.05) is 12.0 Å². The first-order valence-electron chi connectivity index (χ1n) is 6.01. The Labute approximate surface area is 93.7 Å². The molecule has 1 N–H and O–H groups in total. The van der Waals surface area contributed by atoms with E-state index in [1.165, 1.54) is 19.3 Å². The van der Waals surface area contributed by atoms with Crippen LogP contribution in [0.5, 0.6) is 0 Å². The van der Waals surface area contributed by atoms with E-state index in [0.29, 0.717) is 6.42 Å². The van der Waals surface area contributed by atoms with E-state index in [1.807, 2.05) is 0 Å². The third-order valence-corrected chi connectivity index (χ3v) is 3.82. The number of aliphatic hydroxyl groups is 1. The van der Waals surface area contributed by atoms with Crippen molar-refractivity contribution >= 4 is 0 Å². The lowest BCUT2D eigenvalue weighted by Crippen LogP contribution is -2.55. The Hall–Kier alpha value is -0.520. The summed E-state index contributed by atoms with van der Waals surface area (Å²) in [7, 11) is 0. The molecule has 1 rings (SSSR count). The Kier molecular flexibility index (Phi) is 4.63. The summed E-state index contributed by atoms with van der Waals surface area (Å²) in [4.78, 5) is 2.42. The van der Waals surface area contributed by atoms with Gasteiger partial charge in [0.25, 0.3) is 0 Å². The van der Waals surface area contributed by atoms with Crippen LogP contribution in [0, 0.1) is 12.3 Å². The van der Waals surface area contributed by atoms with E-state index < -0.39 is 6.10 Å². The third-order valence-electron chi connectivity index (χ3n) is 3.82. The second kappa shape index (κ2) is 5.53. The molecule has 1 saturated heterocycles. The van der Waals surface area contributed by atoms with Gasteiger partial charge in [0.15, 0.2) is 0 Å². The van der Waals surface area contributed by atoms with Crippen LogP contribution in [-0.4, -0.2) is 34.7 Å². The molecule has 0 spiro atoms. The molecule has 1 heterocycles. The molecule has 0 aromatic carbocycles. The molecule has 0 aromatic rings. The lowest BCUT2D eigenvalue weighted by atomic mass is 9.86. The molecular weight excluding hydrogens is 186 g/mol. The van der Waals surface area contributed by atoms with Crippen LogP contribution in [0.1, 0.15) is 46.0 Å². The monoisotopic (exact) mass is 209 g/mol. The first kappa shape index (κ1) is 12.5. The summed E-state index contributed by atoms with van der Waals surface area (Å²) in [6.45, 7) is 6.48. The highest BCUT2D eigenvalue weighted by Gasteiger charge is 2.37. The van der Waals surface area contributed by atoms with Crippen molar-refractivity contribution in [3.8, 4) is 12.3 Å². The fraction of sp³-hybridized carbons (Fsp3) is 0.846. The minimum Gasteiger partial charge on any atom is -0.390 e. The summed E-state index contributed by atoms with van der Waals surface area (Å²) in [5.74, 6) is 2.57. The molecule has 0 aromatic heterocycles. The maximum Gasteiger partial charge on any atom is 0.0829 e. The van der Waals surface area contributed by atoms with Crippen LogP contribution in [0.3, 0.4) is 0 Å². The molecule has 1 fully saturated rings. The number of rotatable bonds is 4. The van der Waals surface area contributed by atoms with Crippen molar-refractivity contribution in [1.29, 1.82) is 0 Å². The van der Waals surface area contributed by atoms with E-state index in [-0.39, 0.29) is 5.54 Å². The summed E-state index contributed by atoms with van der Waals surface area (Å²) in [6.07, 6.45) is 10.1. The first-order chi connectivity index (χ1) is 7.15. The van der Waals surface area contributed by atoms with Gasteiger partial charge in [-0.1, -0.05) is 13.3 Å². The zero-order valence-electron chi connectivity index (χ0n) is 10.00. The van der Waals surface area contributed by atoms with Crippen LogP contribution in [0.2, 0.25) is 0 Å². The number of aliphatic hydroxyl groups excluding tert-OH is 1. The summed E-state index contributed by atoms with van der Waals surface area (Å²) < 4.78 is 0. The Bertz CT molecular complexity index is 227. The van der Waals surface area contributed by atoms with Gasteiger partial charge in [-0.3, -0.25) is 4.90 Å². The number of hydrogen-bond acceptors (Lipinski definition) is 2. The maximum absolute atomic E-state index is 10.1. The molecule has 0 amide bonds. The van der Waals surface area contributed by atoms with E-state index in [0.717, 1.165) is 19.5 Å². The lowest BCUT2D eigenvalue weighted by molar-refractivity contribution is -0.0306. The molecule has 1 aliphatic rings. The molecule has 0 saturated carbocycles. The van der Waals surface area contributed by atoms with Gasteiger partial charge in [-0.15, -0.1) is 12.3 Å². The molecule has 2 unspecified atom stereocenters. The van der Waals surface area contributed by atoms with E-state index in [9.17, 15) is 5.11 Å². The number of nitrogens with zero attached hydrogens (tertiary/aromatic N) is 1. The fourth-order valence-corrected chi connectivity index (χ4v) is 2.41. The molecule has 2 atom stereocenters. The largest absolute Gasteiger partial charge is 0.390 e. The average Bonchev–Trinajstić information content (AvgIpc) is 2.29. The van der Waals surface area contributed by atoms with Crippen molar-refractivity contribution in [1.82, 2.24) is 4.90 Å². The second-order valence-corrected chi connectivity index (χ2v) is 4.68. The predicted molar refractivity (Wildman–Crippen MR) is 63.6 cm³/mol. The van der Waals surface area contributed by atoms with Crippen LogP contribution < -0.4 is 0 Å². The predicted octanol–water partition coefficient (Wildman–Crippen LogP) is 2.03. The zero-order valence-corrected chi connectivity index (χ0v) is 10.00. The SMILES string of the molecule is C#CCC(O)C(C)(CC)N1CCCCC1. The van der Waals surface area contributed by atoms with Gasteiger partial charge < -0.3 is 5.11 Å². The van der Waals surface area contributed by atoms with Gasteiger partial charge in [-0.05, 0) is 39.3 Å². The highest BCUT2D eigenvalue weighted by molar-refractivity contribution is 4.99. The van der Waals surface area contributed by atoms with Crippen LogP contribution in [0.15, 0.2) is 0 Å². The van der Waals surface area contributed by atoms with E-state index >= 15 is 0 Å². The quantitative estimate of drug-likeness (QED) is 0.716. The van der Waals surface area contributed by atoms with Crippen LogP contribution >= 0.6 is 0 Å². The smallest absolute Gasteiger partial charge is 0.0829 e. The molecule has 0 radical (unpaired) electrons. The third kappa shape index (κ3) is 2.74. The summed E-state index contributed by atoms with van der Waals surface area (Å²) in [5.41, 5.74) is -0.132. The van der Waals surface area contributed by atoms with Crippen LogP contribution in [0.4, 0.5) is 0 Å². The van der Waals surface area contributed by atoms with E-state index in [1.54, 1.807) is 0 Å². The first-order valence-corrected chi connectivity index (χ1v) is 6.01. The van der Waals surface area contributed by atoms with Gasteiger partial charge in [0.1, 0.15) is 0 Å². The highest BCUT2D eigenvalue weighted by atomic mass is 16.3. The molecule has 1 aliphatic heterocycles. The lowest BCUT2D eigenvalue weighted by Gasteiger charge is -2.45. The minimum atomic E-state index is -0.398. The fourth-order valence-electron chi connectivity index (χ4n) is 2.41. The van der Waals surface area contributed by atoms with Gasteiger partial charge in [-0.25, -0.2) is 0 Å². The molecular formula is C13H23NO. The normalized spacial score (nSPS) is 24.1. The minimum absolute atomic E-state index is 0.132. The standard InChI is InChI=1S/C13H23NO/c1-4-9-12(15)13(3,5-2)14-10-7-6-8-11-14/h1,12,15H,5-11H2,2-3H3. The molecule has 2 nitrogen and oxygen atoms in total. The van der Waals surface area contributed by atoms with Crippen molar-refractivity contribution < 1.29 is 5.11 Å². The maximum atomic E-state index is 10.1. The summed E-state index contributed by atoms with van der Waals surface area (Å²) >= 11 is 0. The summed E-state index contributed by atoms with van der Waals surface area (Å²) in [6, 6.07) is 0. The number of likely N-dealkylation sites (tertiary alicyclic amines) is 1. The molecule has 0 aliphatic carbocycles. The highest BCUT2D eigenvalue weighted by Crippen LogP contribution is 2.28. The molecule has 0 bridgehead atoms. The molecule has 15 heavy (non-hydrogen) atoms. The van der Waals surface area contributed by atoms with Crippen molar-refractivity contribution in [3.63, 3.8) is 0 Å². The van der Waals surface area contributed by atoms with Crippen molar-refractivity contribution in [2.24, 2.45) is 0 Å². The van der Waals surface area contributed by atoms with Crippen LogP contribution in [0.25, 0.3) is 0 Å². The Morgan fingerprint density at radius 3 is 2.47 bits per heavy atom. The number of terminal acetylenes is 1. The van der Waals surface area contributed by atoms with Crippen LogP contribution in [-0.2, 0) is 0 Å². The number of piperidine rings is 1. The Morgan fingerprint density at radius 1 is 1.40 bits per heavy atom. The zero-order chi connectivity index (χ0) is 11.3. The topological polar surface area (TPSA) is 23.5 Å². The van der Waals surface area contributed by atoms with Crippen molar-refractivity contribution in [3.05, 3.63) is 0 Å². The van der Waals surface area contributed by atoms with Crippen molar-refractivity contribution in [2.45, 2.75) is 57.6 Å². The molecule has 86 valence electrons. The second-order valence-electron chi connectivity index (χ2n) is 4.68. The Balaban J connectivity index is 2.69. The van der Waals surface area contributed by atoms with Crippen molar-refractivity contribution in [2.75, 3.05) is 13.1 Å². The van der Waals surface area contributed by atoms with E-state index in [4.69, 9.17) is 6.42 Å². The number of hydrogen-bond donors (Lipinski definition) is 1. The van der Waals surface area contributed by atoms with E-state index in [2.05, 4.69) is 24.7 Å². The Morgan fingerprint density at radius 2 is 2.00 bits per heavy atom. The van der Waals surface area contributed by atoms with Gasteiger partial charge in [0.05, 0.1) is 6.10 Å².